The van der Waals surface area contributed by atoms with Gasteiger partial charge in [0.1, 0.15) is 5.82 Å². The Morgan fingerprint density at radius 3 is 2.32 bits per heavy atom. The van der Waals surface area contributed by atoms with Crippen LogP contribution in [0.25, 0.3) is 0 Å². The number of nitrogens with one attached hydrogen (secondary N) is 1. The molecule has 4 rings (SSSR count). The van der Waals surface area contributed by atoms with Crippen LogP contribution in [0, 0.1) is 6.92 Å². The Labute approximate surface area is 186 Å². The van der Waals surface area contributed by atoms with Crippen LogP contribution in [-0.2, 0) is 17.8 Å². The fourth-order valence-electron chi connectivity index (χ4n) is 3.31. The quantitative estimate of drug-likeness (QED) is 0.403. The summed E-state index contributed by atoms with van der Waals surface area (Å²) in [6, 6.07) is 28.3. The van der Waals surface area contributed by atoms with Crippen LogP contribution in [0.2, 0.25) is 0 Å². The highest BCUT2D eigenvalue weighted by atomic mass is 32.2. The smallest absolute Gasteiger partial charge is 0.234 e. The lowest BCUT2D eigenvalue weighted by Gasteiger charge is -2.11. The molecule has 1 amide bonds. The molecular weight excluding hydrogens is 404 g/mol. The lowest BCUT2D eigenvalue weighted by molar-refractivity contribution is -0.113. The van der Waals surface area contributed by atoms with Crippen LogP contribution in [0.1, 0.15) is 22.5 Å². The average molecular weight is 429 g/mol. The molecule has 0 bridgehead atoms. The van der Waals surface area contributed by atoms with Crippen molar-refractivity contribution in [1.82, 2.24) is 14.8 Å². The zero-order chi connectivity index (χ0) is 21.5. The molecule has 0 radical (unpaired) electrons. The van der Waals surface area contributed by atoms with Gasteiger partial charge in [-0.1, -0.05) is 84.6 Å². The first-order valence-electron chi connectivity index (χ1n) is 10.2. The maximum absolute atomic E-state index is 12.5. The van der Waals surface area contributed by atoms with Crippen molar-refractivity contribution in [2.75, 3.05) is 11.1 Å². The molecule has 0 unspecified atom stereocenters. The number of carbonyl (C=O) groups excluding carboxylic acids is 1. The predicted octanol–water partition coefficient (Wildman–Crippen LogP) is 4.96. The van der Waals surface area contributed by atoms with Crippen molar-refractivity contribution in [1.29, 1.82) is 0 Å². The molecule has 0 saturated heterocycles. The second-order valence-electron chi connectivity index (χ2n) is 7.34. The van der Waals surface area contributed by atoms with Gasteiger partial charge in [-0.2, -0.15) is 0 Å². The number of benzene rings is 3. The van der Waals surface area contributed by atoms with Gasteiger partial charge in [-0.3, -0.25) is 4.79 Å². The van der Waals surface area contributed by atoms with E-state index in [1.54, 1.807) is 0 Å². The molecule has 0 aliphatic heterocycles. The zero-order valence-corrected chi connectivity index (χ0v) is 18.2. The zero-order valence-electron chi connectivity index (χ0n) is 17.4. The number of hydrogen-bond donors (Lipinski definition) is 1. The average Bonchev–Trinajstić information content (AvgIpc) is 3.15. The number of aryl methyl sites for hydroxylation is 1. The summed E-state index contributed by atoms with van der Waals surface area (Å²) in [5, 5.41) is 12.5. The minimum absolute atomic E-state index is 0.0607. The van der Waals surface area contributed by atoms with Crippen molar-refractivity contribution in [3.63, 3.8) is 0 Å². The van der Waals surface area contributed by atoms with Crippen molar-refractivity contribution >= 4 is 23.4 Å². The third-order valence-corrected chi connectivity index (χ3v) is 5.78. The summed E-state index contributed by atoms with van der Waals surface area (Å²) in [6.45, 7) is 2.67. The maximum atomic E-state index is 12.5. The summed E-state index contributed by atoms with van der Waals surface area (Å²) < 4.78 is 2.10. The van der Waals surface area contributed by atoms with Crippen LogP contribution in [0.5, 0.6) is 0 Å². The molecule has 3 aromatic carbocycles. The molecule has 0 saturated carbocycles. The van der Waals surface area contributed by atoms with Gasteiger partial charge in [-0.25, -0.2) is 0 Å². The highest BCUT2D eigenvalue weighted by Crippen LogP contribution is 2.21. The third-order valence-electron chi connectivity index (χ3n) is 4.82. The number of rotatable bonds is 8. The van der Waals surface area contributed by atoms with Gasteiger partial charge in [0.2, 0.25) is 5.91 Å². The van der Waals surface area contributed by atoms with E-state index in [0.29, 0.717) is 13.0 Å². The molecule has 0 aliphatic rings. The van der Waals surface area contributed by atoms with Crippen molar-refractivity contribution < 1.29 is 4.79 Å². The third kappa shape index (κ3) is 5.83. The second-order valence-corrected chi connectivity index (χ2v) is 8.28. The fourth-order valence-corrected chi connectivity index (χ4v) is 4.07. The molecule has 1 heterocycles. The molecule has 1 N–H and O–H groups in total. The molecule has 5 nitrogen and oxygen atoms in total. The maximum Gasteiger partial charge on any atom is 0.234 e. The minimum atomic E-state index is -0.0607. The Morgan fingerprint density at radius 2 is 1.61 bits per heavy atom. The van der Waals surface area contributed by atoms with Crippen LogP contribution >= 0.6 is 11.8 Å². The van der Waals surface area contributed by atoms with E-state index in [2.05, 4.69) is 44.3 Å². The Hall–Kier alpha value is -3.38. The van der Waals surface area contributed by atoms with Crippen molar-refractivity contribution in [3.05, 3.63) is 107 Å². The van der Waals surface area contributed by atoms with E-state index in [9.17, 15) is 4.79 Å². The predicted molar refractivity (Wildman–Crippen MR) is 125 cm³/mol. The fraction of sp³-hybridized carbons (Fsp3) is 0.160. The van der Waals surface area contributed by atoms with Gasteiger partial charge < -0.3 is 9.88 Å². The Balaban J connectivity index is 1.50. The van der Waals surface area contributed by atoms with E-state index >= 15 is 0 Å². The van der Waals surface area contributed by atoms with E-state index in [1.807, 2.05) is 67.6 Å². The van der Waals surface area contributed by atoms with Crippen molar-refractivity contribution in [2.24, 2.45) is 0 Å². The van der Waals surface area contributed by atoms with Crippen LogP contribution in [0.4, 0.5) is 5.69 Å². The van der Waals surface area contributed by atoms with Gasteiger partial charge in [0, 0.05) is 12.1 Å². The van der Waals surface area contributed by atoms with Gasteiger partial charge in [-0.15, -0.1) is 10.2 Å². The second kappa shape index (κ2) is 10.1. The molecular formula is C25H24N4OS. The van der Waals surface area contributed by atoms with Crippen LogP contribution in [0.3, 0.4) is 0 Å². The number of hydrogen-bond acceptors (Lipinski definition) is 4. The van der Waals surface area contributed by atoms with E-state index in [1.165, 1.54) is 22.9 Å². The number of thioether (sulfide) groups is 1. The van der Waals surface area contributed by atoms with E-state index in [-0.39, 0.29) is 11.7 Å². The van der Waals surface area contributed by atoms with Gasteiger partial charge in [0.25, 0.3) is 0 Å². The molecule has 0 fully saturated rings. The number of nitrogens with zero attached hydrogens (tertiary/aromatic N) is 3. The number of amides is 1. The first kappa shape index (κ1) is 20.9. The highest BCUT2D eigenvalue weighted by molar-refractivity contribution is 7.99. The Morgan fingerprint density at radius 1 is 0.903 bits per heavy atom. The number of carbonyl (C=O) groups is 1. The summed E-state index contributed by atoms with van der Waals surface area (Å²) in [4.78, 5) is 12.5. The van der Waals surface area contributed by atoms with Crippen molar-refractivity contribution in [3.8, 4) is 0 Å². The molecule has 156 valence electrons. The van der Waals surface area contributed by atoms with E-state index < -0.39 is 0 Å². The Bertz CT molecular complexity index is 1140. The number of anilines is 1. The van der Waals surface area contributed by atoms with Gasteiger partial charge in [0.15, 0.2) is 5.16 Å². The lowest BCUT2D eigenvalue weighted by Crippen LogP contribution is -2.15. The van der Waals surface area contributed by atoms with Gasteiger partial charge in [-0.05, 0) is 35.7 Å². The van der Waals surface area contributed by atoms with E-state index in [0.717, 1.165) is 22.2 Å². The minimum Gasteiger partial charge on any atom is -0.325 e. The van der Waals surface area contributed by atoms with Gasteiger partial charge in [0.05, 0.1) is 12.3 Å². The first-order valence-corrected chi connectivity index (χ1v) is 11.2. The van der Waals surface area contributed by atoms with Gasteiger partial charge >= 0.3 is 0 Å². The summed E-state index contributed by atoms with van der Waals surface area (Å²) in [5.74, 6) is 1.10. The van der Waals surface area contributed by atoms with Crippen molar-refractivity contribution in [2.45, 2.75) is 25.0 Å². The van der Waals surface area contributed by atoms with Crippen LogP contribution < -0.4 is 5.32 Å². The summed E-state index contributed by atoms with van der Waals surface area (Å²) in [6.07, 6.45) is 0.691. The normalized spacial score (nSPS) is 10.7. The molecule has 1 aromatic heterocycles. The summed E-state index contributed by atoms with van der Waals surface area (Å²) in [7, 11) is 0. The Kier molecular flexibility index (Phi) is 6.79. The largest absolute Gasteiger partial charge is 0.325 e. The molecule has 0 spiro atoms. The SMILES string of the molecule is Cc1cccc(NC(=O)CSc2nnc(Cc3ccccc3)n2Cc2ccccc2)c1. The lowest BCUT2D eigenvalue weighted by atomic mass is 10.1. The number of aromatic nitrogens is 3. The highest BCUT2D eigenvalue weighted by Gasteiger charge is 2.15. The summed E-state index contributed by atoms with van der Waals surface area (Å²) in [5.41, 5.74) is 4.26. The molecule has 0 aliphatic carbocycles. The van der Waals surface area contributed by atoms with E-state index in [4.69, 9.17) is 0 Å². The molecule has 4 aromatic rings. The topological polar surface area (TPSA) is 59.8 Å². The van der Waals surface area contributed by atoms with Crippen LogP contribution in [0.15, 0.2) is 90.1 Å². The first-order chi connectivity index (χ1) is 15.2. The van der Waals surface area contributed by atoms with Crippen LogP contribution in [-0.4, -0.2) is 26.4 Å². The standard InChI is InChI=1S/C25H24N4OS/c1-19-9-8-14-22(15-19)26-24(30)18-31-25-28-27-23(16-20-10-4-2-5-11-20)29(25)17-21-12-6-3-7-13-21/h2-15H,16-18H2,1H3,(H,26,30). The molecule has 31 heavy (non-hydrogen) atoms. The molecule has 0 atom stereocenters. The molecule has 6 heteroatoms. The summed E-state index contributed by atoms with van der Waals surface area (Å²) >= 11 is 1.41. The monoisotopic (exact) mass is 428 g/mol.